The van der Waals surface area contributed by atoms with E-state index in [0.717, 1.165) is 31.5 Å². The number of piperidine rings is 1. The van der Waals surface area contributed by atoms with Crippen LogP contribution in [0.5, 0.6) is 0 Å². The fraction of sp³-hybridized carbons (Fsp3) is 0.375. The summed E-state index contributed by atoms with van der Waals surface area (Å²) in [6, 6.07) is 5.10. The molecule has 6 heteroatoms. The van der Waals surface area contributed by atoms with E-state index in [-0.39, 0.29) is 5.82 Å². The quantitative estimate of drug-likeness (QED) is 0.699. The summed E-state index contributed by atoms with van der Waals surface area (Å²) in [5, 5.41) is 0. The van der Waals surface area contributed by atoms with Crippen molar-refractivity contribution in [1.82, 2.24) is 14.5 Å². The Bertz CT molecular complexity index is 645. The molecule has 0 amide bonds. The minimum atomic E-state index is -0.290. The topological polar surface area (TPSA) is 59.4 Å². The summed E-state index contributed by atoms with van der Waals surface area (Å²) >= 11 is 0. The maximum Gasteiger partial charge on any atom is 0.191 e. The van der Waals surface area contributed by atoms with Crippen molar-refractivity contribution in [2.24, 2.45) is 10.7 Å². The van der Waals surface area contributed by atoms with Crippen LogP contribution in [0.15, 0.2) is 41.9 Å². The van der Waals surface area contributed by atoms with Gasteiger partial charge in [-0.3, -0.25) is 0 Å². The second kappa shape index (κ2) is 6.60. The van der Waals surface area contributed by atoms with Gasteiger partial charge in [-0.1, -0.05) is 6.07 Å². The van der Waals surface area contributed by atoms with E-state index in [2.05, 4.69) is 14.9 Å². The fourth-order valence-corrected chi connectivity index (χ4v) is 2.66. The lowest BCUT2D eigenvalue weighted by Crippen LogP contribution is -2.40. The van der Waals surface area contributed by atoms with Crippen molar-refractivity contribution >= 4 is 5.96 Å². The first-order valence-electron chi connectivity index (χ1n) is 7.55. The molecule has 5 nitrogen and oxygen atoms in total. The van der Waals surface area contributed by atoms with Crippen LogP contribution in [0.4, 0.5) is 4.39 Å². The predicted octanol–water partition coefficient (Wildman–Crippen LogP) is 2.31. The molecule has 0 radical (unpaired) electrons. The summed E-state index contributed by atoms with van der Waals surface area (Å²) in [7, 11) is 0. The largest absolute Gasteiger partial charge is 0.370 e. The van der Waals surface area contributed by atoms with E-state index in [1.165, 1.54) is 12.5 Å². The van der Waals surface area contributed by atoms with Crippen LogP contribution in [-0.4, -0.2) is 33.5 Å². The van der Waals surface area contributed by atoms with E-state index in [1.54, 1.807) is 29.4 Å². The van der Waals surface area contributed by atoms with Crippen molar-refractivity contribution in [2.45, 2.75) is 25.8 Å². The number of halogens is 1. The number of aliphatic imine (C=N–C) groups is 1. The van der Waals surface area contributed by atoms with Crippen molar-refractivity contribution in [1.29, 1.82) is 0 Å². The first-order chi connectivity index (χ1) is 10.7. The predicted molar refractivity (Wildman–Crippen MR) is 84.3 cm³/mol. The number of benzene rings is 1. The summed E-state index contributed by atoms with van der Waals surface area (Å²) in [5.41, 5.74) is 7.30. The molecular weight excluding hydrogens is 281 g/mol. The zero-order valence-corrected chi connectivity index (χ0v) is 12.5. The van der Waals surface area contributed by atoms with Gasteiger partial charge in [0.1, 0.15) is 5.82 Å². The van der Waals surface area contributed by atoms with Crippen molar-refractivity contribution in [2.75, 3.05) is 13.1 Å². The Morgan fingerprint density at radius 1 is 1.27 bits per heavy atom. The molecular formula is C16H20FN5. The lowest BCUT2D eigenvalue weighted by molar-refractivity contribution is 0.338. The Morgan fingerprint density at radius 3 is 2.77 bits per heavy atom. The van der Waals surface area contributed by atoms with Gasteiger partial charge < -0.3 is 15.2 Å². The number of nitrogens with zero attached hydrogens (tertiary/aromatic N) is 4. The Kier molecular flexibility index (Phi) is 4.37. The van der Waals surface area contributed by atoms with Crippen LogP contribution >= 0.6 is 0 Å². The van der Waals surface area contributed by atoms with Crippen molar-refractivity contribution in [3.05, 3.63) is 48.3 Å². The molecule has 3 rings (SSSR count). The van der Waals surface area contributed by atoms with Crippen LogP contribution in [-0.2, 0) is 6.54 Å². The number of nitrogens with two attached hydrogens (primary N) is 1. The normalized spacial score (nSPS) is 16.0. The van der Waals surface area contributed by atoms with Crippen LogP contribution in [0, 0.1) is 5.82 Å². The third-order valence-corrected chi connectivity index (χ3v) is 3.90. The standard InChI is InChI=1S/C16H20FN5/c17-14-10-13(4-5-15(14)22-9-6-19-12-22)11-20-16(18)21-7-2-1-3-8-21/h4-6,9-10,12H,1-3,7-8,11H2,(H2,18,20). The zero-order chi connectivity index (χ0) is 15.4. The zero-order valence-electron chi connectivity index (χ0n) is 12.5. The number of guanidine groups is 1. The Morgan fingerprint density at radius 2 is 2.09 bits per heavy atom. The third kappa shape index (κ3) is 3.27. The van der Waals surface area contributed by atoms with Crippen LogP contribution in [0.1, 0.15) is 24.8 Å². The molecule has 0 atom stereocenters. The molecule has 2 N–H and O–H groups in total. The second-order valence-corrected chi connectivity index (χ2v) is 5.48. The highest BCUT2D eigenvalue weighted by atomic mass is 19.1. The van der Waals surface area contributed by atoms with Gasteiger partial charge in [0.05, 0.1) is 18.6 Å². The van der Waals surface area contributed by atoms with E-state index >= 15 is 0 Å². The minimum absolute atomic E-state index is 0.290. The molecule has 22 heavy (non-hydrogen) atoms. The number of hydrogen-bond donors (Lipinski definition) is 1. The fourth-order valence-electron chi connectivity index (χ4n) is 2.66. The first kappa shape index (κ1) is 14.6. The number of aromatic nitrogens is 2. The van der Waals surface area contributed by atoms with Gasteiger partial charge in [-0.2, -0.15) is 0 Å². The average molecular weight is 301 g/mol. The van der Waals surface area contributed by atoms with Gasteiger partial charge in [0, 0.05) is 25.5 Å². The van der Waals surface area contributed by atoms with Gasteiger partial charge >= 0.3 is 0 Å². The van der Waals surface area contributed by atoms with Crippen LogP contribution in [0.3, 0.4) is 0 Å². The average Bonchev–Trinajstić information content (AvgIpc) is 3.07. The van der Waals surface area contributed by atoms with E-state index in [1.807, 2.05) is 6.07 Å². The second-order valence-electron chi connectivity index (χ2n) is 5.48. The summed E-state index contributed by atoms with van der Waals surface area (Å²) in [5.74, 6) is 0.265. The van der Waals surface area contributed by atoms with E-state index in [4.69, 9.17) is 5.73 Å². The van der Waals surface area contributed by atoms with Gasteiger partial charge in [-0.15, -0.1) is 0 Å². The molecule has 1 aromatic carbocycles. The highest BCUT2D eigenvalue weighted by Gasteiger charge is 2.12. The van der Waals surface area contributed by atoms with E-state index < -0.39 is 0 Å². The summed E-state index contributed by atoms with van der Waals surface area (Å²) in [4.78, 5) is 10.4. The summed E-state index contributed by atoms with van der Waals surface area (Å²) in [6.07, 6.45) is 8.48. The molecule has 2 heterocycles. The Hall–Kier alpha value is -2.37. The van der Waals surface area contributed by atoms with Gasteiger partial charge in [-0.25, -0.2) is 14.4 Å². The maximum atomic E-state index is 14.2. The van der Waals surface area contributed by atoms with Crippen LogP contribution < -0.4 is 5.73 Å². The molecule has 1 aliphatic heterocycles. The molecule has 0 saturated carbocycles. The molecule has 0 aliphatic carbocycles. The highest BCUT2D eigenvalue weighted by Crippen LogP contribution is 2.16. The van der Waals surface area contributed by atoms with Crippen LogP contribution in [0.2, 0.25) is 0 Å². The van der Waals surface area contributed by atoms with Crippen molar-refractivity contribution < 1.29 is 4.39 Å². The number of hydrogen-bond acceptors (Lipinski definition) is 2. The molecule has 0 spiro atoms. The van der Waals surface area contributed by atoms with Gasteiger partial charge in [0.2, 0.25) is 0 Å². The maximum absolute atomic E-state index is 14.2. The molecule has 1 aromatic heterocycles. The number of likely N-dealkylation sites (tertiary alicyclic amines) is 1. The Balaban J connectivity index is 1.69. The molecule has 0 bridgehead atoms. The van der Waals surface area contributed by atoms with Gasteiger partial charge in [0.15, 0.2) is 5.96 Å². The van der Waals surface area contributed by atoms with Crippen molar-refractivity contribution in [3.8, 4) is 5.69 Å². The van der Waals surface area contributed by atoms with Gasteiger partial charge in [-0.05, 0) is 37.0 Å². The monoisotopic (exact) mass is 301 g/mol. The summed E-state index contributed by atoms with van der Waals surface area (Å²) in [6.45, 7) is 2.32. The minimum Gasteiger partial charge on any atom is -0.370 e. The summed E-state index contributed by atoms with van der Waals surface area (Å²) < 4.78 is 15.8. The number of rotatable bonds is 3. The SMILES string of the molecule is NC(=NCc1ccc(-n2ccnc2)c(F)c1)N1CCCCC1. The molecule has 0 unspecified atom stereocenters. The number of imidazole rings is 1. The third-order valence-electron chi connectivity index (χ3n) is 3.90. The Labute approximate surface area is 129 Å². The molecule has 1 aliphatic rings. The molecule has 116 valence electrons. The van der Waals surface area contributed by atoms with Crippen molar-refractivity contribution in [3.63, 3.8) is 0 Å². The molecule has 1 fully saturated rings. The van der Waals surface area contributed by atoms with Crippen LogP contribution in [0.25, 0.3) is 5.69 Å². The first-order valence-corrected chi connectivity index (χ1v) is 7.55. The van der Waals surface area contributed by atoms with E-state index in [9.17, 15) is 4.39 Å². The smallest absolute Gasteiger partial charge is 0.191 e. The van der Waals surface area contributed by atoms with Gasteiger partial charge in [0.25, 0.3) is 0 Å². The highest BCUT2D eigenvalue weighted by molar-refractivity contribution is 5.78. The molecule has 2 aromatic rings. The van der Waals surface area contributed by atoms with E-state index in [0.29, 0.717) is 18.2 Å². The lowest BCUT2D eigenvalue weighted by Gasteiger charge is -2.27. The lowest BCUT2D eigenvalue weighted by atomic mass is 10.1. The molecule has 1 saturated heterocycles.